The summed E-state index contributed by atoms with van der Waals surface area (Å²) in [5.41, 5.74) is 5.66. The van der Waals surface area contributed by atoms with Crippen molar-refractivity contribution < 1.29 is 9.90 Å². The van der Waals surface area contributed by atoms with E-state index in [2.05, 4.69) is 84.5 Å². The van der Waals surface area contributed by atoms with Crippen molar-refractivity contribution in [2.75, 3.05) is 0 Å². The van der Waals surface area contributed by atoms with Gasteiger partial charge in [-0.05, 0) is 75.0 Å². The highest BCUT2D eigenvalue weighted by atomic mass is 127. The van der Waals surface area contributed by atoms with Crippen molar-refractivity contribution in [1.82, 2.24) is 9.99 Å². The van der Waals surface area contributed by atoms with Gasteiger partial charge in [0.05, 0.1) is 13.4 Å². The first-order chi connectivity index (χ1) is 14.0. The molecule has 4 rings (SSSR count). The van der Waals surface area contributed by atoms with Gasteiger partial charge in [0.15, 0.2) is 0 Å². The molecule has 0 radical (unpaired) electrons. The number of nitrogens with one attached hydrogen (secondary N) is 1. The second-order valence-corrected chi connectivity index (χ2v) is 8.89. The normalized spacial score (nSPS) is 11.5. The SMILES string of the molecule is O=C(CCn1c2ccccc2c2ccccc21)NN=Cc1cc(I)c(O)c(I)c1. The third-order valence-corrected chi connectivity index (χ3v) is 6.33. The summed E-state index contributed by atoms with van der Waals surface area (Å²) >= 11 is 4.13. The summed E-state index contributed by atoms with van der Waals surface area (Å²) in [6.45, 7) is 0.574. The summed E-state index contributed by atoms with van der Waals surface area (Å²) < 4.78 is 3.67. The van der Waals surface area contributed by atoms with E-state index in [1.807, 2.05) is 36.4 Å². The van der Waals surface area contributed by atoms with Crippen LogP contribution >= 0.6 is 45.2 Å². The standard InChI is InChI=1S/C22H17I2N3O2/c23-17-11-14(12-18(24)22(17)29)13-25-26-21(28)9-10-27-19-7-3-1-5-15(19)16-6-2-4-8-20(16)27/h1-8,11-13,29H,9-10H2,(H,26,28). The van der Waals surface area contributed by atoms with E-state index in [-0.39, 0.29) is 11.7 Å². The third kappa shape index (κ3) is 4.25. The Morgan fingerprint density at radius 2 is 1.55 bits per heavy atom. The zero-order valence-electron chi connectivity index (χ0n) is 15.3. The summed E-state index contributed by atoms with van der Waals surface area (Å²) in [4.78, 5) is 12.3. The zero-order chi connectivity index (χ0) is 20.4. The molecule has 0 aliphatic carbocycles. The zero-order valence-corrected chi connectivity index (χ0v) is 19.6. The van der Waals surface area contributed by atoms with Gasteiger partial charge in [-0.3, -0.25) is 4.79 Å². The van der Waals surface area contributed by atoms with Crippen LogP contribution in [0.3, 0.4) is 0 Å². The molecule has 1 aromatic heterocycles. The lowest BCUT2D eigenvalue weighted by Crippen LogP contribution is -2.19. The van der Waals surface area contributed by atoms with Crippen molar-refractivity contribution in [3.63, 3.8) is 0 Å². The number of aromatic hydroxyl groups is 1. The molecule has 3 aromatic carbocycles. The van der Waals surface area contributed by atoms with Crippen LogP contribution in [0.2, 0.25) is 0 Å². The van der Waals surface area contributed by atoms with E-state index < -0.39 is 0 Å². The van der Waals surface area contributed by atoms with Gasteiger partial charge in [-0.2, -0.15) is 5.10 Å². The first-order valence-electron chi connectivity index (χ1n) is 9.00. The Morgan fingerprint density at radius 1 is 1.00 bits per heavy atom. The second-order valence-electron chi connectivity index (χ2n) is 6.56. The van der Waals surface area contributed by atoms with Gasteiger partial charge in [-0.15, -0.1) is 0 Å². The molecule has 0 bridgehead atoms. The number of halogens is 2. The lowest BCUT2D eigenvalue weighted by atomic mass is 10.2. The number of fused-ring (bicyclic) bond motifs is 3. The van der Waals surface area contributed by atoms with Gasteiger partial charge < -0.3 is 9.67 Å². The van der Waals surface area contributed by atoms with Crippen LogP contribution in [0.15, 0.2) is 65.8 Å². The first kappa shape index (κ1) is 20.1. The van der Waals surface area contributed by atoms with Crippen LogP contribution in [0.4, 0.5) is 0 Å². The summed E-state index contributed by atoms with van der Waals surface area (Å²) in [5.74, 6) is 0.116. The molecule has 29 heavy (non-hydrogen) atoms. The number of phenolic OH excluding ortho intramolecular Hbond substituents is 1. The molecule has 4 aromatic rings. The molecule has 0 saturated carbocycles. The molecule has 0 atom stereocenters. The van der Waals surface area contributed by atoms with Gasteiger partial charge in [0.2, 0.25) is 5.91 Å². The Kier molecular flexibility index (Phi) is 6.04. The van der Waals surface area contributed by atoms with Crippen molar-refractivity contribution in [2.24, 2.45) is 5.10 Å². The summed E-state index contributed by atoms with van der Waals surface area (Å²) in [7, 11) is 0. The van der Waals surface area contributed by atoms with Crippen molar-refractivity contribution in [3.8, 4) is 5.75 Å². The van der Waals surface area contributed by atoms with Crippen molar-refractivity contribution >= 4 is 79.1 Å². The van der Waals surface area contributed by atoms with E-state index in [0.29, 0.717) is 13.0 Å². The van der Waals surface area contributed by atoms with Gasteiger partial charge in [0.25, 0.3) is 0 Å². The van der Waals surface area contributed by atoms with E-state index in [9.17, 15) is 9.90 Å². The molecule has 7 heteroatoms. The number of hydrogen-bond acceptors (Lipinski definition) is 3. The highest BCUT2D eigenvalue weighted by molar-refractivity contribution is 14.1. The molecule has 2 N–H and O–H groups in total. The maximum Gasteiger partial charge on any atom is 0.241 e. The molecule has 0 aliphatic rings. The van der Waals surface area contributed by atoms with Crippen LogP contribution in [-0.2, 0) is 11.3 Å². The fraction of sp³-hybridized carbons (Fsp3) is 0.0909. The predicted molar refractivity (Wildman–Crippen MR) is 133 cm³/mol. The van der Waals surface area contributed by atoms with Gasteiger partial charge in [0, 0.05) is 34.8 Å². The fourth-order valence-electron chi connectivity index (χ4n) is 3.35. The van der Waals surface area contributed by atoms with Gasteiger partial charge in [-0.25, -0.2) is 5.43 Å². The van der Waals surface area contributed by atoms with Crippen molar-refractivity contribution in [2.45, 2.75) is 13.0 Å². The minimum absolute atomic E-state index is 0.147. The smallest absolute Gasteiger partial charge is 0.241 e. The number of hydrazone groups is 1. The lowest BCUT2D eigenvalue weighted by Gasteiger charge is -2.07. The summed E-state index contributed by atoms with van der Waals surface area (Å²) in [5, 5.41) is 16.3. The molecule has 5 nitrogen and oxygen atoms in total. The maximum absolute atomic E-state index is 12.3. The Bertz CT molecular complexity index is 1170. The van der Waals surface area contributed by atoms with E-state index >= 15 is 0 Å². The minimum Gasteiger partial charge on any atom is -0.506 e. The summed E-state index contributed by atoms with van der Waals surface area (Å²) in [6, 6.07) is 20.1. The highest BCUT2D eigenvalue weighted by Crippen LogP contribution is 2.29. The number of nitrogens with zero attached hydrogens (tertiary/aromatic N) is 2. The Labute approximate surface area is 195 Å². The van der Waals surface area contributed by atoms with Crippen LogP contribution in [-0.4, -0.2) is 21.8 Å². The largest absolute Gasteiger partial charge is 0.506 e. The Morgan fingerprint density at radius 3 is 2.14 bits per heavy atom. The van der Waals surface area contributed by atoms with Gasteiger partial charge >= 0.3 is 0 Å². The predicted octanol–water partition coefficient (Wildman–Crippen LogP) is 5.25. The number of aryl methyl sites for hydroxylation is 1. The Balaban J connectivity index is 1.46. The minimum atomic E-state index is -0.147. The van der Waals surface area contributed by atoms with Crippen molar-refractivity contribution in [3.05, 3.63) is 73.4 Å². The first-order valence-corrected chi connectivity index (χ1v) is 11.2. The van der Waals surface area contributed by atoms with E-state index in [4.69, 9.17) is 0 Å². The quantitative estimate of drug-likeness (QED) is 0.185. The highest BCUT2D eigenvalue weighted by Gasteiger charge is 2.11. The average Bonchev–Trinajstić information content (AvgIpc) is 3.04. The molecule has 0 saturated heterocycles. The Hall–Kier alpha value is -2.14. The van der Waals surface area contributed by atoms with E-state index in [0.717, 1.165) is 23.7 Å². The molecular weight excluding hydrogens is 592 g/mol. The average molecular weight is 609 g/mol. The topological polar surface area (TPSA) is 66.6 Å². The molecule has 1 heterocycles. The number of aromatic nitrogens is 1. The maximum atomic E-state index is 12.3. The van der Waals surface area contributed by atoms with E-state index in [1.54, 1.807) is 6.21 Å². The van der Waals surface area contributed by atoms with Crippen LogP contribution < -0.4 is 5.43 Å². The number of benzene rings is 3. The number of para-hydroxylation sites is 2. The molecule has 146 valence electrons. The molecule has 0 spiro atoms. The number of carbonyl (C=O) groups excluding carboxylic acids is 1. The number of hydrogen-bond donors (Lipinski definition) is 2. The van der Waals surface area contributed by atoms with Crippen LogP contribution in [0.1, 0.15) is 12.0 Å². The molecule has 0 fully saturated rings. The van der Waals surface area contributed by atoms with Gasteiger partial charge in [-0.1, -0.05) is 36.4 Å². The van der Waals surface area contributed by atoms with Crippen LogP contribution in [0, 0.1) is 7.14 Å². The molecular formula is C22H17I2N3O2. The molecule has 0 aliphatic heterocycles. The van der Waals surface area contributed by atoms with Crippen LogP contribution in [0.25, 0.3) is 21.8 Å². The third-order valence-electron chi connectivity index (χ3n) is 4.68. The van der Waals surface area contributed by atoms with Crippen molar-refractivity contribution in [1.29, 1.82) is 0 Å². The molecule has 0 unspecified atom stereocenters. The number of phenols is 1. The number of amides is 1. The second kappa shape index (κ2) is 8.70. The van der Waals surface area contributed by atoms with E-state index in [1.165, 1.54) is 10.8 Å². The van der Waals surface area contributed by atoms with Crippen LogP contribution in [0.5, 0.6) is 5.75 Å². The molecule has 1 amide bonds. The van der Waals surface area contributed by atoms with Gasteiger partial charge in [0.1, 0.15) is 5.75 Å². The number of carbonyl (C=O) groups is 1. The number of rotatable bonds is 5. The fourth-order valence-corrected chi connectivity index (χ4v) is 5.17. The monoisotopic (exact) mass is 609 g/mol. The summed E-state index contributed by atoms with van der Waals surface area (Å²) in [6.07, 6.45) is 1.91. The lowest BCUT2D eigenvalue weighted by molar-refractivity contribution is -0.121.